The van der Waals surface area contributed by atoms with E-state index >= 15 is 0 Å². The average molecular weight is 239 g/mol. The largest absolute Gasteiger partial charge is 1.00 e. The van der Waals surface area contributed by atoms with Crippen molar-refractivity contribution >= 4 is 30.4 Å². The van der Waals surface area contributed by atoms with Crippen LogP contribution in [0, 0.1) is 0 Å². The smallest absolute Gasteiger partial charge is 1.00 e. The first kappa shape index (κ1) is 26.7. The van der Waals surface area contributed by atoms with Gasteiger partial charge in [0.25, 0.3) is 0 Å². The zero-order chi connectivity index (χ0) is 2.00. The zero-order valence-corrected chi connectivity index (χ0v) is 8.30. The van der Waals surface area contributed by atoms with E-state index in [2.05, 4.69) is 8.91 Å². The van der Waals surface area contributed by atoms with Gasteiger partial charge in [-0.15, -0.1) is 0 Å². The van der Waals surface area contributed by atoms with E-state index in [0.29, 0.717) is 0 Å². The minimum absolute atomic E-state index is 0. The Bertz CT molecular complexity index is 9.61. The maximum absolute atomic E-state index is 4.61. The monoisotopic (exact) mass is 238 g/mol. The van der Waals surface area contributed by atoms with E-state index in [4.69, 9.17) is 0 Å². The molecule has 0 rings (SSSR count). The number of rotatable bonds is 0. The van der Waals surface area contributed by atoms with Crippen molar-refractivity contribution < 1.29 is 47.4 Å². The van der Waals surface area contributed by atoms with Crippen molar-refractivity contribution in [3.63, 3.8) is 0 Å². The van der Waals surface area contributed by atoms with Crippen LogP contribution in [0.15, 0.2) is 0 Å². The maximum atomic E-state index is 4.61. The molecule has 0 aliphatic heterocycles. The molecule has 0 saturated carbocycles. The van der Waals surface area contributed by atoms with E-state index in [1.165, 1.54) is 0 Å². The summed E-state index contributed by atoms with van der Waals surface area (Å²) in [6, 6.07) is 0. The standard InChI is InChI=1S/ClI.ClH.Na.H2O/c1-2;;;/h;1H;;1H2/q;;+1;/p-1. The van der Waals surface area contributed by atoms with Gasteiger partial charge in [-0.3, -0.25) is 0 Å². The van der Waals surface area contributed by atoms with Gasteiger partial charge in [-0.2, -0.15) is 0 Å². The molecule has 0 aromatic carbocycles. The van der Waals surface area contributed by atoms with Gasteiger partial charge in [0.1, 0.15) is 0 Å². The predicted molar refractivity (Wildman–Crippen MR) is 23.5 cm³/mol. The third-order valence-electron chi connectivity index (χ3n) is 0. The Kier molecular flexibility index (Phi) is 181. The van der Waals surface area contributed by atoms with Gasteiger partial charge in [0.2, 0.25) is 0 Å². The van der Waals surface area contributed by atoms with E-state index in [-0.39, 0.29) is 47.4 Å². The van der Waals surface area contributed by atoms with Crippen LogP contribution in [0.25, 0.3) is 0 Å². The van der Waals surface area contributed by atoms with E-state index < -0.39 is 0 Å². The first-order valence-electron chi connectivity index (χ1n) is 0.143. The van der Waals surface area contributed by atoms with E-state index in [9.17, 15) is 0 Å². The van der Waals surface area contributed by atoms with Crippen molar-refractivity contribution in [1.29, 1.82) is 0 Å². The van der Waals surface area contributed by atoms with Crippen LogP contribution in [0.4, 0.5) is 0 Å². The fraction of sp³-hybridized carbons (Fsp3) is 0. The van der Waals surface area contributed by atoms with Gasteiger partial charge in [0.05, 0.1) is 0 Å². The predicted octanol–water partition coefficient (Wildman–Crippen LogP) is -5.24. The summed E-state index contributed by atoms with van der Waals surface area (Å²) in [7, 11) is 4.61. The molecular formula is H2Cl2INaO. The molecule has 0 saturated heterocycles. The van der Waals surface area contributed by atoms with Crippen LogP contribution < -0.4 is 42.0 Å². The molecule has 0 aliphatic rings. The van der Waals surface area contributed by atoms with Gasteiger partial charge in [0.15, 0.2) is 0 Å². The molecule has 5 heteroatoms. The van der Waals surface area contributed by atoms with Crippen LogP contribution in [0.2, 0.25) is 0 Å². The summed E-state index contributed by atoms with van der Waals surface area (Å²) in [6.07, 6.45) is 0. The Balaban J connectivity index is -0.00000000167. The minimum atomic E-state index is 0. The van der Waals surface area contributed by atoms with Crippen molar-refractivity contribution in [2.24, 2.45) is 0 Å². The van der Waals surface area contributed by atoms with E-state index in [1.54, 1.807) is 21.5 Å². The Labute approximate surface area is 76.7 Å². The van der Waals surface area contributed by atoms with Crippen molar-refractivity contribution in [3.05, 3.63) is 0 Å². The summed E-state index contributed by atoms with van der Waals surface area (Å²) >= 11 is 1.62. The van der Waals surface area contributed by atoms with Crippen molar-refractivity contribution in [2.45, 2.75) is 0 Å². The first-order valence-corrected chi connectivity index (χ1v) is 2.87. The van der Waals surface area contributed by atoms with Crippen molar-refractivity contribution in [1.82, 2.24) is 0 Å². The fourth-order valence-corrected chi connectivity index (χ4v) is 0. The summed E-state index contributed by atoms with van der Waals surface area (Å²) in [4.78, 5) is 0. The molecule has 0 unspecified atom stereocenters. The molecule has 0 aromatic heterocycles. The van der Waals surface area contributed by atoms with Crippen LogP contribution in [0.1, 0.15) is 0 Å². The summed E-state index contributed by atoms with van der Waals surface area (Å²) in [5.74, 6) is 0. The van der Waals surface area contributed by atoms with Crippen LogP contribution in [0.3, 0.4) is 0 Å². The number of hydrogen-bond donors (Lipinski definition) is 0. The van der Waals surface area contributed by atoms with E-state index in [0.717, 1.165) is 0 Å². The third kappa shape index (κ3) is 22.2. The molecule has 2 N–H and O–H groups in total. The van der Waals surface area contributed by atoms with Crippen molar-refractivity contribution in [2.75, 3.05) is 0 Å². The number of hydrogen-bond acceptors (Lipinski definition) is 0. The molecule has 0 bridgehead atoms. The van der Waals surface area contributed by atoms with Gasteiger partial charge in [-0.1, -0.05) is 0 Å². The molecule has 0 fully saturated rings. The Hall–Kier alpha value is 2.27. The zero-order valence-electron chi connectivity index (χ0n) is 2.63. The second-order valence-corrected chi connectivity index (χ2v) is 0. The number of halogens is 3. The van der Waals surface area contributed by atoms with E-state index in [1.807, 2.05) is 0 Å². The Morgan fingerprint density at radius 2 is 1.20 bits per heavy atom. The van der Waals surface area contributed by atoms with Crippen LogP contribution in [-0.4, -0.2) is 5.48 Å². The molecule has 0 atom stereocenters. The molecule has 0 aliphatic carbocycles. The molecule has 0 heterocycles. The Morgan fingerprint density at radius 1 is 1.20 bits per heavy atom. The van der Waals surface area contributed by atoms with Gasteiger partial charge in [0, 0.05) is 21.5 Å². The van der Waals surface area contributed by atoms with Crippen molar-refractivity contribution in [3.8, 4) is 0 Å². The van der Waals surface area contributed by atoms with Gasteiger partial charge in [-0.25, -0.2) is 0 Å². The first-order chi connectivity index (χ1) is 1.00. The summed E-state index contributed by atoms with van der Waals surface area (Å²) in [5.41, 5.74) is 0. The molecule has 5 heavy (non-hydrogen) atoms. The SMILES string of the molecule is ClI.O.[Cl-].[Na+]. The third-order valence-corrected chi connectivity index (χ3v) is 0. The molecule has 0 spiro atoms. The van der Waals surface area contributed by atoms with Gasteiger partial charge >= 0.3 is 29.6 Å². The molecule has 0 amide bonds. The maximum Gasteiger partial charge on any atom is 1.00 e. The molecule has 0 radical (unpaired) electrons. The quantitative estimate of drug-likeness (QED) is 0.299. The second-order valence-electron chi connectivity index (χ2n) is 0. The molecular weight excluding hydrogens is 237 g/mol. The molecule has 1 nitrogen and oxygen atoms in total. The molecule has 30 valence electrons. The van der Waals surface area contributed by atoms with Crippen LogP contribution in [-0.2, 0) is 0 Å². The average Bonchev–Trinajstić information content (AvgIpc) is 1.00. The summed E-state index contributed by atoms with van der Waals surface area (Å²) in [6.45, 7) is 0. The topological polar surface area (TPSA) is 31.5 Å². The Morgan fingerprint density at radius 3 is 1.20 bits per heavy atom. The van der Waals surface area contributed by atoms with Gasteiger partial charge < -0.3 is 17.9 Å². The summed E-state index contributed by atoms with van der Waals surface area (Å²) < 4.78 is 0. The summed E-state index contributed by atoms with van der Waals surface area (Å²) in [5, 5.41) is 0. The molecule has 0 aromatic rings. The van der Waals surface area contributed by atoms with Crippen LogP contribution >= 0.6 is 30.4 Å². The van der Waals surface area contributed by atoms with Gasteiger partial charge in [-0.05, 0) is 8.91 Å². The second kappa shape index (κ2) is 33.8. The van der Waals surface area contributed by atoms with Crippen LogP contribution in [0.5, 0.6) is 0 Å². The fourth-order valence-electron chi connectivity index (χ4n) is 0. The minimum Gasteiger partial charge on any atom is -1.00 e. The normalized spacial score (nSPS) is 1.20.